The number of hydrogen-bond donors (Lipinski definition) is 2. The average molecular weight is 484 g/mol. The molecule has 1 saturated heterocycles. The molecule has 2 amide bonds. The lowest BCUT2D eigenvalue weighted by Crippen LogP contribution is -2.56. The van der Waals surface area contributed by atoms with Crippen molar-refractivity contribution in [1.29, 1.82) is 0 Å². The largest absolute Gasteiger partial charge is 0.344 e. The summed E-state index contributed by atoms with van der Waals surface area (Å²) in [5, 5.41) is 6.29. The van der Waals surface area contributed by atoms with Crippen molar-refractivity contribution < 1.29 is 14.4 Å². The molecular weight excluding hydrogens is 449 g/mol. The lowest BCUT2D eigenvalue weighted by atomic mass is 9.99. The fraction of sp³-hybridized carbons (Fsp3) is 0.625. The van der Waals surface area contributed by atoms with Crippen LogP contribution >= 0.6 is 23.2 Å². The van der Waals surface area contributed by atoms with E-state index in [2.05, 4.69) is 29.4 Å². The van der Waals surface area contributed by atoms with Gasteiger partial charge >= 0.3 is 0 Å². The van der Waals surface area contributed by atoms with E-state index < -0.39 is 18.0 Å². The van der Waals surface area contributed by atoms with Crippen molar-refractivity contribution in [2.75, 3.05) is 19.6 Å². The smallest absolute Gasteiger partial charge is 0.251 e. The Kier molecular flexibility index (Phi) is 10.5. The van der Waals surface area contributed by atoms with Crippen LogP contribution in [0.15, 0.2) is 18.2 Å². The zero-order valence-electron chi connectivity index (χ0n) is 19.4. The third kappa shape index (κ3) is 8.38. The Labute approximate surface area is 201 Å². The number of Topliss-reactive ketones (excluding diaryl/α,β-unsaturated/α-hetero) is 1. The van der Waals surface area contributed by atoms with Crippen LogP contribution < -0.4 is 10.6 Å². The Morgan fingerprint density at radius 3 is 2.44 bits per heavy atom. The molecule has 1 aliphatic rings. The second kappa shape index (κ2) is 12.6. The van der Waals surface area contributed by atoms with Gasteiger partial charge in [-0.3, -0.25) is 19.3 Å². The first-order chi connectivity index (χ1) is 15.1. The molecule has 1 aliphatic heterocycles. The number of benzene rings is 1. The van der Waals surface area contributed by atoms with Crippen LogP contribution in [-0.4, -0.2) is 54.2 Å². The molecule has 0 radical (unpaired) electrons. The molecule has 6 nitrogen and oxygen atoms in total. The lowest BCUT2D eigenvalue weighted by Gasteiger charge is -2.32. The zero-order valence-corrected chi connectivity index (χ0v) is 20.9. The van der Waals surface area contributed by atoms with Crippen molar-refractivity contribution in [3.05, 3.63) is 33.8 Å². The van der Waals surface area contributed by atoms with E-state index in [1.54, 1.807) is 12.1 Å². The van der Waals surface area contributed by atoms with E-state index in [4.69, 9.17) is 23.2 Å². The molecule has 0 saturated carbocycles. The first-order valence-corrected chi connectivity index (χ1v) is 12.1. The Morgan fingerprint density at radius 2 is 1.84 bits per heavy atom. The molecule has 8 heteroatoms. The topological polar surface area (TPSA) is 78.5 Å². The summed E-state index contributed by atoms with van der Waals surface area (Å²) in [5.74, 6) is 0.112. The first-order valence-electron chi connectivity index (χ1n) is 11.4. The minimum absolute atomic E-state index is 0.0215. The van der Waals surface area contributed by atoms with E-state index in [1.807, 2.05) is 13.8 Å². The molecule has 1 unspecified atom stereocenters. The number of amides is 2. The van der Waals surface area contributed by atoms with Gasteiger partial charge in [0, 0.05) is 12.1 Å². The van der Waals surface area contributed by atoms with E-state index in [0.29, 0.717) is 35.9 Å². The van der Waals surface area contributed by atoms with E-state index in [0.717, 1.165) is 25.9 Å². The highest BCUT2D eigenvalue weighted by Gasteiger charge is 2.31. The molecule has 1 fully saturated rings. The maximum Gasteiger partial charge on any atom is 0.251 e. The first kappa shape index (κ1) is 26.6. The maximum absolute atomic E-state index is 13.0. The van der Waals surface area contributed by atoms with E-state index >= 15 is 0 Å². The molecule has 0 aliphatic carbocycles. The third-order valence-corrected chi connectivity index (χ3v) is 6.32. The number of nitrogens with zero attached hydrogens (tertiary/aromatic N) is 1. The fourth-order valence-corrected chi connectivity index (χ4v) is 4.10. The van der Waals surface area contributed by atoms with Crippen LogP contribution in [0.2, 0.25) is 10.0 Å². The number of halogens is 2. The number of hydrogen-bond acceptors (Lipinski definition) is 4. The molecule has 2 rings (SSSR count). The minimum atomic E-state index is -0.742. The summed E-state index contributed by atoms with van der Waals surface area (Å²) in [4.78, 5) is 40.4. The van der Waals surface area contributed by atoms with Crippen LogP contribution in [0.1, 0.15) is 63.7 Å². The summed E-state index contributed by atoms with van der Waals surface area (Å²) < 4.78 is 0. The highest BCUT2D eigenvalue weighted by atomic mass is 35.5. The third-order valence-electron chi connectivity index (χ3n) is 5.59. The van der Waals surface area contributed by atoms with Gasteiger partial charge in [0.05, 0.1) is 22.6 Å². The number of likely N-dealkylation sites (tertiary alicyclic amines) is 1. The van der Waals surface area contributed by atoms with Crippen molar-refractivity contribution in [1.82, 2.24) is 15.5 Å². The normalized spacial score (nSPS) is 18.1. The number of rotatable bonds is 10. The molecule has 178 valence electrons. The van der Waals surface area contributed by atoms with Gasteiger partial charge in [0.2, 0.25) is 5.91 Å². The summed E-state index contributed by atoms with van der Waals surface area (Å²) in [6, 6.07) is 3.33. The average Bonchev–Trinajstić information content (AvgIpc) is 2.70. The number of ketones is 1. The van der Waals surface area contributed by atoms with Crippen LogP contribution in [0.5, 0.6) is 0 Å². The SMILES string of the molecule is CC(C)CCCN1CCC(NC(=O)[C@H](CC(C)C)NC(=O)c2ccc(Cl)c(Cl)c2)C(=O)C1. The highest BCUT2D eigenvalue weighted by Crippen LogP contribution is 2.22. The fourth-order valence-electron chi connectivity index (χ4n) is 3.80. The maximum atomic E-state index is 13.0. The van der Waals surface area contributed by atoms with E-state index in [9.17, 15) is 14.4 Å². The van der Waals surface area contributed by atoms with Gasteiger partial charge in [-0.15, -0.1) is 0 Å². The monoisotopic (exact) mass is 483 g/mol. The van der Waals surface area contributed by atoms with Gasteiger partial charge < -0.3 is 10.6 Å². The van der Waals surface area contributed by atoms with Gasteiger partial charge in [-0.05, 0) is 62.3 Å². The van der Waals surface area contributed by atoms with E-state index in [-0.39, 0.29) is 22.6 Å². The van der Waals surface area contributed by atoms with E-state index in [1.165, 1.54) is 6.07 Å². The van der Waals surface area contributed by atoms with Crippen LogP contribution in [0.3, 0.4) is 0 Å². The Hall–Kier alpha value is -1.63. The molecule has 2 atom stereocenters. The summed E-state index contributed by atoms with van der Waals surface area (Å²) in [7, 11) is 0. The predicted octanol–water partition coefficient (Wildman–Crippen LogP) is 4.33. The number of carbonyl (C=O) groups excluding carboxylic acids is 3. The van der Waals surface area contributed by atoms with Crippen LogP contribution in [0.25, 0.3) is 0 Å². The lowest BCUT2D eigenvalue weighted by molar-refractivity contribution is -0.131. The van der Waals surface area contributed by atoms with Crippen molar-refractivity contribution in [2.24, 2.45) is 11.8 Å². The standard InChI is InChI=1S/C24H35Cl2N3O3/c1-15(2)6-5-10-29-11-9-20(22(30)14-29)27-24(32)21(12-16(3)4)28-23(31)17-7-8-18(25)19(26)13-17/h7-8,13,15-16,20-21H,5-6,9-12,14H2,1-4H3,(H,27,32)(H,28,31)/t20?,21-/m0/s1. The van der Waals surface area contributed by atoms with Gasteiger partial charge in [-0.2, -0.15) is 0 Å². The van der Waals surface area contributed by atoms with Gasteiger partial charge in [-0.25, -0.2) is 0 Å². The quantitative estimate of drug-likeness (QED) is 0.518. The number of piperidine rings is 1. The van der Waals surface area contributed by atoms with Gasteiger partial charge in [-0.1, -0.05) is 50.9 Å². The molecular formula is C24H35Cl2N3O3. The molecule has 1 aromatic carbocycles. The van der Waals surface area contributed by atoms with Gasteiger partial charge in [0.15, 0.2) is 5.78 Å². The molecule has 0 spiro atoms. The van der Waals surface area contributed by atoms with Crippen LogP contribution in [-0.2, 0) is 9.59 Å². The molecule has 32 heavy (non-hydrogen) atoms. The molecule has 0 aromatic heterocycles. The Morgan fingerprint density at radius 1 is 1.12 bits per heavy atom. The minimum Gasteiger partial charge on any atom is -0.344 e. The summed E-state index contributed by atoms with van der Waals surface area (Å²) in [6.45, 7) is 10.4. The second-order valence-electron chi connectivity index (χ2n) is 9.41. The van der Waals surface area contributed by atoms with Gasteiger partial charge in [0.25, 0.3) is 5.91 Å². The summed E-state index contributed by atoms with van der Waals surface area (Å²) in [5.41, 5.74) is 0.326. The zero-order chi connectivity index (χ0) is 23.8. The van der Waals surface area contributed by atoms with Crippen LogP contribution in [0, 0.1) is 11.8 Å². The van der Waals surface area contributed by atoms with Crippen LogP contribution in [0.4, 0.5) is 0 Å². The van der Waals surface area contributed by atoms with Gasteiger partial charge in [0.1, 0.15) is 6.04 Å². The molecule has 1 aromatic rings. The summed E-state index contributed by atoms with van der Waals surface area (Å²) in [6.07, 6.45) is 3.25. The number of nitrogens with one attached hydrogen (secondary N) is 2. The molecule has 1 heterocycles. The van der Waals surface area contributed by atoms with Crippen molar-refractivity contribution >= 4 is 40.8 Å². The second-order valence-corrected chi connectivity index (χ2v) is 10.2. The van der Waals surface area contributed by atoms with Crippen molar-refractivity contribution in [3.8, 4) is 0 Å². The highest BCUT2D eigenvalue weighted by molar-refractivity contribution is 6.42. The molecule has 0 bridgehead atoms. The molecule has 2 N–H and O–H groups in total. The predicted molar refractivity (Wildman–Crippen MR) is 129 cm³/mol. The van der Waals surface area contributed by atoms with Crippen molar-refractivity contribution in [3.63, 3.8) is 0 Å². The Balaban J connectivity index is 1.95. The van der Waals surface area contributed by atoms with Crippen molar-refractivity contribution in [2.45, 2.75) is 65.5 Å². The Bertz CT molecular complexity index is 814. The summed E-state index contributed by atoms with van der Waals surface area (Å²) >= 11 is 11.9. The number of carbonyl (C=O) groups is 3.